The Balaban J connectivity index is 1.94. The van der Waals surface area contributed by atoms with Crippen LogP contribution < -0.4 is 42.5 Å². The van der Waals surface area contributed by atoms with E-state index < -0.39 is 172 Å². The van der Waals surface area contributed by atoms with Gasteiger partial charge in [0.15, 0.2) is 18.9 Å². The molecule has 608 valence electrons. The van der Waals surface area contributed by atoms with Crippen molar-refractivity contribution in [2.24, 2.45) is 23.7 Å². The molecule has 0 bridgehead atoms. The zero-order valence-corrected chi connectivity index (χ0v) is 64.0. The van der Waals surface area contributed by atoms with Crippen LogP contribution in [-0.2, 0) is 96.9 Å². The van der Waals surface area contributed by atoms with Crippen LogP contribution in [0.25, 0.3) is 0 Å². The maximum absolute atomic E-state index is 14.4. The fourth-order valence-corrected chi connectivity index (χ4v) is 11.4. The first kappa shape index (κ1) is 95.1. The number of likely N-dealkylation sites (tertiary alicyclic amines) is 1. The first-order chi connectivity index (χ1) is 50.6. The van der Waals surface area contributed by atoms with Crippen molar-refractivity contribution in [2.75, 3.05) is 114 Å². The smallest absolute Gasteiger partial charge is 0.407 e. The van der Waals surface area contributed by atoms with E-state index in [-0.39, 0.29) is 121 Å². The van der Waals surface area contributed by atoms with Gasteiger partial charge in [0, 0.05) is 60.4 Å². The molecule has 1 fully saturated rings. The molecule has 2 rings (SSSR count). The van der Waals surface area contributed by atoms with Crippen LogP contribution in [0.15, 0.2) is 30.3 Å². The Hall–Kier alpha value is -7.00. The number of benzene rings is 1. The molecule has 13 N–H and O–H groups in total. The van der Waals surface area contributed by atoms with Gasteiger partial charge < -0.3 is 125 Å². The summed E-state index contributed by atoms with van der Waals surface area (Å²) in [6, 6.07) is 4.41. The predicted molar refractivity (Wildman–Crippen MR) is 383 cm³/mol. The molecule has 0 spiro atoms. The number of carbonyl (C=O) groups excluding carboxylic acids is 9. The average molecular weight is 1520 g/mol. The van der Waals surface area contributed by atoms with Gasteiger partial charge in [-0.05, 0) is 75.8 Å². The number of hydrogen-bond donors (Lipinski definition) is 13. The van der Waals surface area contributed by atoms with Gasteiger partial charge in [-0.1, -0.05) is 92.1 Å². The summed E-state index contributed by atoms with van der Waals surface area (Å²) in [5.74, 6) is -5.78. The zero-order valence-electron chi connectivity index (χ0n) is 64.0. The number of esters is 1. The van der Waals surface area contributed by atoms with Crippen LogP contribution in [0.3, 0.4) is 0 Å². The van der Waals surface area contributed by atoms with Crippen LogP contribution in [0.4, 0.5) is 9.59 Å². The number of carboxylic acid groups (broad SMARTS) is 1. The third-order valence-electron chi connectivity index (χ3n) is 17.8. The van der Waals surface area contributed by atoms with Gasteiger partial charge in [-0.15, -0.1) is 0 Å². The minimum absolute atomic E-state index is 0.0302. The largest absolute Gasteiger partial charge is 0.481 e. The van der Waals surface area contributed by atoms with Gasteiger partial charge in [-0.2, -0.15) is 0 Å². The molecule has 0 aromatic heterocycles. The lowest BCUT2D eigenvalue weighted by molar-refractivity contribution is -0.219. The van der Waals surface area contributed by atoms with Gasteiger partial charge in [-0.25, -0.2) is 14.4 Å². The Morgan fingerprint density at radius 3 is 1.70 bits per heavy atom. The van der Waals surface area contributed by atoms with Gasteiger partial charge in [0.25, 0.3) is 0 Å². The van der Waals surface area contributed by atoms with E-state index in [9.17, 15) is 68.4 Å². The van der Waals surface area contributed by atoms with Gasteiger partial charge in [0.1, 0.15) is 31.3 Å². The number of carbonyl (C=O) groups is 10. The van der Waals surface area contributed by atoms with Crippen molar-refractivity contribution in [3.05, 3.63) is 35.9 Å². The average Bonchev–Trinajstić information content (AvgIpc) is 1.59. The molecular weight excluding hydrogens is 1390 g/mol. The summed E-state index contributed by atoms with van der Waals surface area (Å²) in [7, 11) is 5.90. The summed E-state index contributed by atoms with van der Waals surface area (Å²) in [5.41, 5.74) is 0.762. The summed E-state index contributed by atoms with van der Waals surface area (Å²) in [4.78, 5) is 133. The third kappa shape index (κ3) is 36.3. The summed E-state index contributed by atoms with van der Waals surface area (Å²) in [5, 5.41) is 70.1. The summed E-state index contributed by atoms with van der Waals surface area (Å²) < 4.78 is 61.3. The molecule has 6 unspecified atom stereocenters. The van der Waals surface area contributed by atoms with E-state index in [2.05, 4.69) is 42.5 Å². The Bertz CT molecular complexity index is 2720. The fraction of sp³-hybridized carbons (Fsp3) is 0.775. The van der Waals surface area contributed by atoms with Crippen LogP contribution >= 0.6 is 0 Å². The first-order valence-corrected chi connectivity index (χ1v) is 36.5. The molecule has 1 saturated heterocycles. The van der Waals surface area contributed by atoms with E-state index in [1.807, 2.05) is 59.7 Å². The number of likely N-dealkylation sites (N-methyl/N-ethyl adjacent to an activating group) is 1. The van der Waals surface area contributed by atoms with Crippen LogP contribution in [0.1, 0.15) is 132 Å². The number of aliphatic hydroxyl groups is 4. The highest BCUT2D eigenvalue weighted by Gasteiger charge is 2.43. The molecule has 35 nitrogen and oxygen atoms in total. The normalized spacial score (nSPS) is 17.3. The number of rotatable bonds is 57. The molecular formula is C71H123N9O26. The monoisotopic (exact) mass is 1520 g/mol. The number of ether oxygens (including phenoxy) is 11. The van der Waals surface area contributed by atoms with Gasteiger partial charge in [0.05, 0.1) is 114 Å². The second-order valence-corrected chi connectivity index (χ2v) is 26.5. The highest BCUT2D eigenvalue weighted by atomic mass is 16.7. The third-order valence-corrected chi connectivity index (χ3v) is 17.8. The lowest BCUT2D eigenvalue weighted by Gasteiger charge is -2.37. The zero-order chi connectivity index (χ0) is 79.3. The molecule has 1 aliphatic heterocycles. The highest BCUT2D eigenvalue weighted by molar-refractivity contribution is 5.91. The van der Waals surface area contributed by atoms with E-state index >= 15 is 0 Å². The van der Waals surface area contributed by atoms with Crippen LogP contribution in [0.2, 0.25) is 0 Å². The molecule has 106 heavy (non-hydrogen) atoms. The summed E-state index contributed by atoms with van der Waals surface area (Å²) in [6.07, 6.45) is -7.82. The summed E-state index contributed by atoms with van der Waals surface area (Å²) in [6.45, 7) is 12.9. The molecule has 0 radical (unpaired) electrons. The van der Waals surface area contributed by atoms with Gasteiger partial charge in [0.2, 0.25) is 35.4 Å². The maximum atomic E-state index is 14.4. The molecule has 1 aromatic carbocycles. The van der Waals surface area contributed by atoms with Crippen LogP contribution in [0.5, 0.6) is 0 Å². The van der Waals surface area contributed by atoms with Gasteiger partial charge >= 0.3 is 24.1 Å². The van der Waals surface area contributed by atoms with Crippen LogP contribution in [0, 0.1) is 23.7 Å². The van der Waals surface area contributed by atoms with Crippen LogP contribution in [-0.4, -0.2) is 290 Å². The second-order valence-electron chi connectivity index (χ2n) is 26.5. The number of nitrogens with zero attached hydrogens (tertiary/aromatic N) is 1. The van der Waals surface area contributed by atoms with E-state index in [4.69, 9.17) is 57.2 Å². The van der Waals surface area contributed by atoms with E-state index in [0.29, 0.717) is 32.2 Å². The van der Waals surface area contributed by atoms with Gasteiger partial charge in [-0.3, -0.25) is 33.6 Å². The predicted octanol–water partition coefficient (Wildman–Crippen LogP) is 0.521. The summed E-state index contributed by atoms with van der Waals surface area (Å²) >= 11 is 0. The number of amides is 8. The number of nitrogens with one attached hydrogen (secondary N) is 8. The molecule has 35 heteroatoms. The number of alkyl carbamates (subject to hydrolysis) is 2. The number of hydrogen-bond acceptors (Lipinski definition) is 26. The topological polar surface area (TPSA) is 473 Å². The molecule has 8 amide bonds. The van der Waals surface area contributed by atoms with Crippen molar-refractivity contribution in [1.82, 2.24) is 47.4 Å². The minimum atomic E-state index is -1.32. The van der Waals surface area contributed by atoms with E-state index in [1.165, 1.54) is 28.3 Å². The molecule has 0 saturated carbocycles. The molecule has 0 aliphatic carbocycles. The highest BCUT2D eigenvalue weighted by Crippen LogP contribution is 2.29. The van der Waals surface area contributed by atoms with Crippen molar-refractivity contribution >= 4 is 59.6 Å². The van der Waals surface area contributed by atoms with Crippen molar-refractivity contribution in [2.45, 2.75) is 219 Å². The molecule has 16 atom stereocenters. The number of aliphatic hydroxyl groups excluding tert-OH is 4. The Labute approximate surface area is 622 Å². The number of carboxylic acids is 1. The van der Waals surface area contributed by atoms with Crippen molar-refractivity contribution in [3.63, 3.8) is 0 Å². The van der Waals surface area contributed by atoms with Crippen molar-refractivity contribution in [1.29, 1.82) is 0 Å². The maximum Gasteiger partial charge on any atom is 0.407 e. The van der Waals surface area contributed by atoms with Crippen molar-refractivity contribution in [3.8, 4) is 0 Å². The second kappa shape index (κ2) is 53.7. The number of aliphatic carboxylic acids is 1. The minimum Gasteiger partial charge on any atom is -0.481 e. The van der Waals surface area contributed by atoms with E-state index in [0.717, 1.165) is 5.56 Å². The quantitative estimate of drug-likeness (QED) is 0.0183. The fourth-order valence-electron chi connectivity index (χ4n) is 11.4. The molecule has 1 heterocycles. The SMILES string of the molecule is CCC(CO)OC(CO)OCCC(CO)OC(COC(=O)NCCC(=O)O)OCCC(CO)OC(COC(=O)NCCC(=O)N[C@@H](C)C(=O)OCCCNC(=O)[C@H](Cc1ccccc1)NC(=O)[C@H](C)[C@@H](OC)[C@@H]1CCCN1C(=O)C[C@@H](OC)[C@@H](NC(=O)[C@@H](NC(=O)[C@@H](NC)C(C)C)C(C)C)[C@@H](C)CC)OC. The Morgan fingerprint density at radius 2 is 1.16 bits per heavy atom. The molecule has 1 aliphatic rings. The van der Waals surface area contributed by atoms with Crippen molar-refractivity contribution < 1.29 is 126 Å². The lowest BCUT2D eigenvalue weighted by atomic mass is 9.90. The Kier molecular flexibility index (Phi) is 48.2. The van der Waals surface area contributed by atoms with E-state index in [1.54, 1.807) is 37.9 Å². The lowest BCUT2D eigenvalue weighted by Crippen LogP contribution is -2.59. The standard InChI is InChI=1S/C71H123N9O26/c1-14-45(7)63(79-68(92)62(44(5)6)78-67(91)61(72-10)43(3)4)54(96-11)36-56(86)80-31-19-23-53(80)64(98-13)46(8)65(89)77-52(35-48-21-17-16-18-22-48)66(90)73-28-20-32-101-69(93)47(9)76-55(85)24-29-74-70(94)102-41-59(97-12)105-50(38-82)27-34-100-60(42-103-71(95)75-30-25-57(87)88)106-51(39-83)26-33-99-58(40-84)104-49(15-2)37-81/h16-18,21-22,43-47,49-54,58-64,72,81-84H,14-15,19-20,23-42H2,1-13H3,(H,73,90)(H,74,94)(H,75,95)(H,76,85)(H,77,89)(H,78,91)(H,79,92)(H,87,88)/t45-,46+,47-,49?,50?,51?,52-,53-,54+,58?,59?,60?,61-,62-,63-,64+/m0/s1. The molecule has 1 aromatic rings. The Morgan fingerprint density at radius 1 is 0.585 bits per heavy atom. The first-order valence-electron chi connectivity index (χ1n) is 36.5. The number of methoxy groups -OCH3 is 3.